The number of rotatable bonds is 2. The quantitative estimate of drug-likeness (QED) is 0.411. The number of halogens is 1. The molecule has 0 amide bonds. The first-order valence-electron chi connectivity index (χ1n) is 6.76. The third-order valence-electron chi connectivity index (χ3n) is 2.98. The standard InChI is InChI=1S/C7H5IN4.C7H7N5/c2*8-7-5(3-11-12-7)6-1-2-9-4-10-6/h1-4H,(H,11,12);1-4H,(H3,8,11,12). The maximum Gasteiger partial charge on any atom is 0.128 e. The molecule has 0 fully saturated rings. The van der Waals surface area contributed by atoms with Crippen molar-refractivity contribution in [3.8, 4) is 22.5 Å². The van der Waals surface area contributed by atoms with Crippen LogP contribution in [0.15, 0.2) is 49.6 Å². The normalized spacial score (nSPS) is 10.0. The molecule has 0 aliphatic carbocycles. The van der Waals surface area contributed by atoms with Gasteiger partial charge >= 0.3 is 0 Å². The molecule has 0 unspecified atom stereocenters. The number of hydrogen-bond acceptors (Lipinski definition) is 7. The van der Waals surface area contributed by atoms with Gasteiger partial charge in [0.2, 0.25) is 0 Å². The Morgan fingerprint density at radius 3 is 1.88 bits per heavy atom. The van der Waals surface area contributed by atoms with E-state index in [2.05, 4.69) is 62.9 Å². The number of H-pyrrole nitrogens is 2. The van der Waals surface area contributed by atoms with E-state index in [0.29, 0.717) is 5.82 Å². The number of nitrogens with two attached hydrogens (primary N) is 1. The van der Waals surface area contributed by atoms with Gasteiger partial charge in [-0.2, -0.15) is 10.2 Å². The molecular weight excluding hydrogens is 421 g/mol. The van der Waals surface area contributed by atoms with Crippen molar-refractivity contribution in [3.63, 3.8) is 0 Å². The van der Waals surface area contributed by atoms with Crippen molar-refractivity contribution in [1.82, 2.24) is 40.3 Å². The van der Waals surface area contributed by atoms with E-state index < -0.39 is 0 Å². The predicted octanol–water partition coefficient (Wildman–Crippen LogP) is 1.92. The van der Waals surface area contributed by atoms with Crippen LogP contribution in [0.2, 0.25) is 0 Å². The lowest BCUT2D eigenvalue weighted by molar-refractivity contribution is 1.07. The third-order valence-corrected chi connectivity index (χ3v) is 3.80. The van der Waals surface area contributed by atoms with E-state index in [-0.39, 0.29) is 0 Å². The van der Waals surface area contributed by atoms with E-state index in [1.807, 2.05) is 6.07 Å². The monoisotopic (exact) mass is 433 g/mol. The molecule has 9 nitrogen and oxygen atoms in total. The minimum Gasteiger partial charge on any atom is -0.384 e. The van der Waals surface area contributed by atoms with Crippen LogP contribution >= 0.6 is 22.6 Å². The van der Waals surface area contributed by atoms with Gasteiger partial charge in [0.25, 0.3) is 0 Å². The number of nitrogens with one attached hydrogen (secondary N) is 2. The Morgan fingerprint density at radius 2 is 1.42 bits per heavy atom. The zero-order chi connectivity index (χ0) is 16.8. The van der Waals surface area contributed by atoms with Crippen LogP contribution in [0, 0.1) is 3.70 Å². The lowest BCUT2D eigenvalue weighted by Gasteiger charge is -1.94. The Balaban J connectivity index is 0.000000141. The van der Waals surface area contributed by atoms with Crippen molar-refractivity contribution in [2.75, 3.05) is 5.73 Å². The second kappa shape index (κ2) is 7.59. The van der Waals surface area contributed by atoms with Crippen molar-refractivity contribution >= 4 is 28.4 Å². The molecule has 4 aromatic rings. The zero-order valence-corrected chi connectivity index (χ0v) is 14.4. The molecule has 10 heteroatoms. The highest BCUT2D eigenvalue weighted by molar-refractivity contribution is 14.1. The summed E-state index contributed by atoms with van der Waals surface area (Å²) in [4.78, 5) is 15.8. The van der Waals surface area contributed by atoms with E-state index in [9.17, 15) is 0 Å². The van der Waals surface area contributed by atoms with E-state index >= 15 is 0 Å². The van der Waals surface area contributed by atoms with E-state index in [4.69, 9.17) is 5.73 Å². The summed E-state index contributed by atoms with van der Waals surface area (Å²) in [7, 11) is 0. The molecule has 4 rings (SSSR count). The molecule has 24 heavy (non-hydrogen) atoms. The first-order chi connectivity index (χ1) is 11.8. The second-order valence-electron chi connectivity index (χ2n) is 4.48. The molecule has 4 heterocycles. The van der Waals surface area contributed by atoms with Crippen LogP contribution in [0.5, 0.6) is 0 Å². The molecule has 0 aliphatic rings. The maximum absolute atomic E-state index is 5.59. The second-order valence-corrected chi connectivity index (χ2v) is 5.56. The SMILES string of the molecule is Ic1[nH]ncc1-c1ccncn1.Nc1[nH]ncc1-c1ccncn1. The van der Waals surface area contributed by atoms with Gasteiger partial charge in [0.1, 0.15) is 22.2 Å². The van der Waals surface area contributed by atoms with Crippen LogP contribution in [0.4, 0.5) is 5.82 Å². The van der Waals surface area contributed by atoms with Crippen LogP contribution in [0.1, 0.15) is 0 Å². The van der Waals surface area contributed by atoms with Crippen molar-refractivity contribution < 1.29 is 0 Å². The number of nitrogens with zero attached hydrogens (tertiary/aromatic N) is 6. The average molecular weight is 433 g/mol. The summed E-state index contributed by atoms with van der Waals surface area (Å²) >= 11 is 2.18. The summed E-state index contributed by atoms with van der Waals surface area (Å²) < 4.78 is 0.992. The molecule has 0 aliphatic heterocycles. The summed E-state index contributed by atoms with van der Waals surface area (Å²) in [5.41, 5.74) is 9.08. The number of nitrogen functional groups attached to an aromatic ring is 1. The van der Waals surface area contributed by atoms with Gasteiger partial charge in [0.05, 0.1) is 34.9 Å². The fourth-order valence-electron chi connectivity index (χ4n) is 1.85. The van der Waals surface area contributed by atoms with Crippen LogP contribution in [-0.4, -0.2) is 40.3 Å². The molecular formula is C14H12IN9. The smallest absolute Gasteiger partial charge is 0.128 e. The fraction of sp³-hybridized carbons (Fsp3) is 0. The van der Waals surface area contributed by atoms with Crippen LogP contribution in [0.25, 0.3) is 22.5 Å². The Kier molecular flexibility index (Phi) is 5.05. The van der Waals surface area contributed by atoms with Gasteiger partial charge in [-0.1, -0.05) is 0 Å². The van der Waals surface area contributed by atoms with Gasteiger partial charge in [-0.15, -0.1) is 0 Å². The summed E-state index contributed by atoms with van der Waals surface area (Å²) in [6.45, 7) is 0. The Labute approximate surface area is 150 Å². The number of aromatic nitrogens is 8. The highest BCUT2D eigenvalue weighted by Gasteiger charge is 2.05. The average Bonchev–Trinajstić information content (AvgIpc) is 3.25. The molecule has 4 N–H and O–H groups in total. The summed E-state index contributed by atoms with van der Waals surface area (Å²) in [5, 5.41) is 13.2. The van der Waals surface area contributed by atoms with E-state index in [1.54, 1.807) is 30.9 Å². The largest absolute Gasteiger partial charge is 0.384 e. The van der Waals surface area contributed by atoms with Gasteiger partial charge in [-0.3, -0.25) is 10.2 Å². The van der Waals surface area contributed by atoms with Crippen molar-refractivity contribution in [2.24, 2.45) is 0 Å². The highest BCUT2D eigenvalue weighted by Crippen LogP contribution is 2.20. The molecule has 0 aromatic carbocycles. The number of aromatic amines is 2. The van der Waals surface area contributed by atoms with Crippen molar-refractivity contribution in [2.45, 2.75) is 0 Å². The first-order valence-corrected chi connectivity index (χ1v) is 7.84. The minimum atomic E-state index is 0.522. The number of hydrogen-bond donors (Lipinski definition) is 3. The predicted molar refractivity (Wildman–Crippen MR) is 96.4 cm³/mol. The molecule has 0 atom stereocenters. The first kappa shape index (κ1) is 16.0. The fourth-order valence-corrected chi connectivity index (χ4v) is 2.40. The van der Waals surface area contributed by atoms with Gasteiger partial charge in [0.15, 0.2) is 0 Å². The molecule has 4 aromatic heterocycles. The topological polar surface area (TPSA) is 135 Å². The van der Waals surface area contributed by atoms with Gasteiger partial charge in [-0.25, -0.2) is 19.9 Å². The maximum atomic E-state index is 5.59. The van der Waals surface area contributed by atoms with Crippen LogP contribution in [0.3, 0.4) is 0 Å². The van der Waals surface area contributed by atoms with E-state index in [0.717, 1.165) is 26.2 Å². The molecule has 0 spiro atoms. The third kappa shape index (κ3) is 3.71. The minimum absolute atomic E-state index is 0.522. The molecule has 0 saturated carbocycles. The summed E-state index contributed by atoms with van der Waals surface area (Å²) in [6, 6.07) is 3.63. The summed E-state index contributed by atoms with van der Waals surface area (Å²) in [5.74, 6) is 0.522. The Hall–Kier alpha value is -2.89. The van der Waals surface area contributed by atoms with E-state index in [1.165, 1.54) is 12.7 Å². The summed E-state index contributed by atoms with van der Waals surface area (Å²) in [6.07, 6.45) is 9.77. The van der Waals surface area contributed by atoms with Gasteiger partial charge in [0, 0.05) is 12.4 Å². The molecule has 0 bridgehead atoms. The zero-order valence-electron chi connectivity index (χ0n) is 12.3. The molecule has 0 saturated heterocycles. The van der Waals surface area contributed by atoms with Crippen LogP contribution in [-0.2, 0) is 0 Å². The van der Waals surface area contributed by atoms with Gasteiger partial charge in [-0.05, 0) is 34.7 Å². The van der Waals surface area contributed by atoms with Crippen molar-refractivity contribution in [3.05, 3.63) is 53.3 Å². The number of anilines is 1. The highest BCUT2D eigenvalue weighted by atomic mass is 127. The molecule has 120 valence electrons. The lowest BCUT2D eigenvalue weighted by atomic mass is 10.2. The Morgan fingerprint density at radius 1 is 0.833 bits per heavy atom. The Bertz CT molecular complexity index is 813. The van der Waals surface area contributed by atoms with Crippen molar-refractivity contribution in [1.29, 1.82) is 0 Å². The molecule has 0 radical (unpaired) electrons. The lowest BCUT2D eigenvalue weighted by Crippen LogP contribution is -1.89. The van der Waals surface area contributed by atoms with Gasteiger partial charge < -0.3 is 5.73 Å². The van der Waals surface area contributed by atoms with Crippen LogP contribution < -0.4 is 5.73 Å².